The molecule has 1 amide bonds. The molecule has 0 bridgehead atoms. The van der Waals surface area contributed by atoms with Gasteiger partial charge in [0.2, 0.25) is 5.91 Å². The van der Waals surface area contributed by atoms with Crippen LogP contribution in [0.15, 0.2) is 48.6 Å². The van der Waals surface area contributed by atoms with Crippen molar-refractivity contribution in [2.24, 2.45) is 0 Å². The highest BCUT2D eigenvalue weighted by Gasteiger charge is 2.24. The van der Waals surface area contributed by atoms with Crippen LogP contribution in [-0.2, 0) is 14.3 Å². The van der Waals surface area contributed by atoms with Gasteiger partial charge in [0, 0.05) is 6.42 Å². The maximum absolute atomic E-state index is 13.1. The zero-order valence-electron chi connectivity index (χ0n) is 36.3. The van der Waals surface area contributed by atoms with Gasteiger partial charge < -0.3 is 20.3 Å². The normalized spacial score (nSPS) is 13.8. The number of nitrogens with one attached hydrogen (secondary N) is 1. The summed E-state index contributed by atoms with van der Waals surface area (Å²) in [5.41, 5.74) is 0. The second-order valence-electron chi connectivity index (χ2n) is 15.8. The molecule has 0 saturated carbocycles. The third-order valence-electron chi connectivity index (χ3n) is 10.4. The van der Waals surface area contributed by atoms with Crippen molar-refractivity contribution >= 4 is 11.9 Å². The van der Waals surface area contributed by atoms with Crippen LogP contribution >= 0.6 is 0 Å². The number of allylic oxidation sites excluding steroid dienone is 8. The van der Waals surface area contributed by atoms with Crippen LogP contribution in [0.4, 0.5) is 0 Å². The fraction of sp³-hybridized carbons (Fsp3) is 0.796. The Balaban J connectivity index is 4.51. The molecule has 0 aliphatic rings. The Kier molecular flexibility index (Phi) is 41.2. The number of unbranched alkanes of at least 4 members (excludes halogenated alkanes) is 21. The SMILES string of the molecule is CCC/C=C\CCCCCC(CC(=O)NC(CO)C(O)CCCCCCCCCCCCC)OC(=O)CCCCCC/C=C\C/C=C\C/C=C\CCCCC. The molecule has 3 unspecified atom stereocenters. The second kappa shape index (κ2) is 43.0. The lowest BCUT2D eigenvalue weighted by atomic mass is 10.0. The van der Waals surface area contributed by atoms with Crippen molar-refractivity contribution in [1.82, 2.24) is 5.32 Å². The first kappa shape index (κ1) is 52.8. The quantitative estimate of drug-likeness (QED) is 0.0327. The Hall–Kier alpha value is -2.18. The van der Waals surface area contributed by atoms with Gasteiger partial charge in [-0.2, -0.15) is 0 Å². The Labute approximate surface area is 340 Å². The molecule has 6 nitrogen and oxygen atoms in total. The fourth-order valence-electron chi connectivity index (χ4n) is 6.79. The van der Waals surface area contributed by atoms with Gasteiger partial charge in [-0.25, -0.2) is 0 Å². The van der Waals surface area contributed by atoms with E-state index in [1.165, 1.54) is 77.0 Å². The zero-order valence-corrected chi connectivity index (χ0v) is 36.3. The highest BCUT2D eigenvalue weighted by atomic mass is 16.5. The molecule has 0 aliphatic heterocycles. The van der Waals surface area contributed by atoms with Crippen LogP contribution in [0.1, 0.15) is 226 Å². The first-order chi connectivity index (χ1) is 27.0. The van der Waals surface area contributed by atoms with Crippen LogP contribution in [0.25, 0.3) is 0 Å². The molecule has 0 saturated heterocycles. The summed E-state index contributed by atoms with van der Waals surface area (Å²) in [6.07, 6.45) is 50.3. The van der Waals surface area contributed by atoms with Crippen LogP contribution in [-0.4, -0.2) is 46.9 Å². The first-order valence-corrected chi connectivity index (χ1v) is 23.4. The van der Waals surface area contributed by atoms with Gasteiger partial charge in [-0.1, -0.05) is 179 Å². The molecule has 55 heavy (non-hydrogen) atoms. The summed E-state index contributed by atoms with van der Waals surface area (Å²) in [6.45, 7) is 6.35. The maximum atomic E-state index is 13.1. The average Bonchev–Trinajstić information content (AvgIpc) is 3.18. The van der Waals surface area contributed by atoms with Crippen molar-refractivity contribution in [3.8, 4) is 0 Å². The smallest absolute Gasteiger partial charge is 0.306 e. The number of aliphatic hydroxyl groups excluding tert-OH is 2. The lowest BCUT2D eigenvalue weighted by molar-refractivity contribution is -0.151. The monoisotopic (exact) mass is 772 g/mol. The van der Waals surface area contributed by atoms with Crippen molar-refractivity contribution in [2.45, 2.75) is 244 Å². The Bertz CT molecular complexity index is 957. The van der Waals surface area contributed by atoms with E-state index in [4.69, 9.17) is 4.74 Å². The fourth-order valence-corrected chi connectivity index (χ4v) is 6.79. The van der Waals surface area contributed by atoms with E-state index in [-0.39, 0.29) is 24.9 Å². The first-order valence-electron chi connectivity index (χ1n) is 23.4. The van der Waals surface area contributed by atoms with E-state index in [0.717, 1.165) is 103 Å². The number of ether oxygens (including phenoxy) is 1. The van der Waals surface area contributed by atoms with Crippen molar-refractivity contribution < 1.29 is 24.5 Å². The van der Waals surface area contributed by atoms with E-state index >= 15 is 0 Å². The molecule has 0 aromatic rings. The summed E-state index contributed by atoms with van der Waals surface area (Å²) in [4.78, 5) is 25.9. The molecular weight excluding hydrogens is 683 g/mol. The number of aliphatic hydroxyl groups is 2. The summed E-state index contributed by atoms with van der Waals surface area (Å²) in [5.74, 6) is -0.520. The number of carbonyl (C=O) groups excluding carboxylic acids is 2. The van der Waals surface area contributed by atoms with E-state index in [1.807, 2.05) is 0 Å². The van der Waals surface area contributed by atoms with Gasteiger partial charge in [-0.3, -0.25) is 9.59 Å². The predicted octanol–water partition coefficient (Wildman–Crippen LogP) is 13.5. The van der Waals surface area contributed by atoms with Crippen LogP contribution in [0.2, 0.25) is 0 Å². The minimum atomic E-state index is -0.793. The maximum Gasteiger partial charge on any atom is 0.306 e. The largest absolute Gasteiger partial charge is 0.462 e. The minimum Gasteiger partial charge on any atom is -0.462 e. The molecule has 0 spiro atoms. The van der Waals surface area contributed by atoms with E-state index < -0.39 is 18.2 Å². The van der Waals surface area contributed by atoms with Crippen LogP contribution in [0.3, 0.4) is 0 Å². The third-order valence-corrected chi connectivity index (χ3v) is 10.4. The molecule has 3 N–H and O–H groups in total. The molecular formula is C49H89NO5. The molecule has 0 aromatic heterocycles. The van der Waals surface area contributed by atoms with Gasteiger partial charge in [0.25, 0.3) is 0 Å². The predicted molar refractivity (Wildman–Crippen MR) is 236 cm³/mol. The Morgan fingerprint density at radius 2 is 0.964 bits per heavy atom. The van der Waals surface area contributed by atoms with Gasteiger partial charge in [0.1, 0.15) is 6.10 Å². The van der Waals surface area contributed by atoms with Crippen LogP contribution < -0.4 is 5.32 Å². The van der Waals surface area contributed by atoms with Gasteiger partial charge in [0.15, 0.2) is 0 Å². The van der Waals surface area contributed by atoms with E-state index in [0.29, 0.717) is 19.3 Å². The molecule has 3 atom stereocenters. The molecule has 0 aromatic carbocycles. The van der Waals surface area contributed by atoms with Crippen molar-refractivity contribution in [2.75, 3.05) is 6.61 Å². The highest BCUT2D eigenvalue weighted by molar-refractivity contribution is 5.77. The number of amides is 1. The third kappa shape index (κ3) is 38.5. The number of carbonyl (C=O) groups is 2. The lowest BCUT2D eigenvalue weighted by Gasteiger charge is -2.24. The van der Waals surface area contributed by atoms with Crippen molar-refractivity contribution in [3.05, 3.63) is 48.6 Å². The summed E-state index contributed by atoms with van der Waals surface area (Å²) in [7, 11) is 0. The van der Waals surface area contributed by atoms with Gasteiger partial charge in [-0.05, 0) is 83.5 Å². The zero-order chi connectivity index (χ0) is 40.3. The minimum absolute atomic E-state index is 0.0566. The number of hydrogen-bond acceptors (Lipinski definition) is 5. The molecule has 0 radical (unpaired) electrons. The topological polar surface area (TPSA) is 95.9 Å². The van der Waals surface area contributed by atoms with Gasteiger partial charge >= 0.3 is 5.97 Å². The van der Waals surface area contributed by atoms with Gasteiger partial charge in [0.05, 0.1) is 25.2 Å². The molecule has 0 aliphatic carbocycles. The summed E-state index contributed by atoms with van der Waals surface area (Å²) in [6, 6.07) is -0.708. The average molecular weight is 772 g/mol. The van der Waals surface area contributed by atoms with E-state index in [2.05, 4.69) is 74.7 Å². The van der Waals surface area contributed by atoms with Crippen molar-refractivity contribution in [1.29, 1.82) is 0 Å². The highest BCUT2D eigenvalue weighted by Crippen LogP contribution is 2.17. The van der Waals surface area contributed by atoms with Crippen molar-refractivity contribution in [3.63, 3.8) is 0 Å². The second-order valence-corrected chi connectivity index (χ2v) is 15.8. The standard InChI is InChI=1S/C49H89NO5/c1-4-7-10-13-16-19-21-22-23-24-25-26-28-30-33-36-39-42-49(54)55-45(40-37-34-31-18-15-12-9-6-3)43-48(53)50-46(44-51)47(52)41-38-35-32-29-27-20-17-14-11-8-5-2/h12,15-16,19,22-23,25-26,45-47,51-52H,4-11,13-14,17-18,20-21,24,27-44H2,1-3H3,(H,50,53)/b15-12-,19-16-,23-22-,26-25-. The van der Waals surface area contributed by atoms with Crippen LogP contribution in [0, 0.1) is 0 Å². The number of hydrogen-bond donors (Lipinski definition) is 3. The van der Waals surface area contributed by atoms with Gasteiger partial charge in [-0.15, -0.1) is 0 Å². The summed E-state index contributed by atoms with van der Waals surface area (Å²) < 4.78 is 5.87. The van der Waals surface area contributed by atoms with E-state index in [9.17, 15) is 19.8 Å². The molecule has 6 heteroatoms. The Morgan fingerprint density at radius 1 is 0.527 bits per heavy atom. The molecule has 0 fully saturated rings. The molecule has 320 valence electrons. The Morgan fingerprint density at radius 3 is 1.55 bits per heavy atom. The van der Waals surface area contributed by atoms with E-state index in [1.54, 1.807) is 0 Å². The lowest BCUT2D eigenvalue weighted by Crippen LogP contribution is -2.46. The number of esters is 1. The van der Waals surface area contributed by atoms with Crippen LogP contribution in [0.5, 0.6) is 0 Å². The molecule has 0 heterocycles. The summed E-state index contributed by atoms with van der Waals surface area (Å²) in [5, 5.41) is 23.6. The number of rotatable bonds is 41. The molecule has 0 rings (SSSR count). The summed E-state index contributed by atoms with van der Waals surface area (Å²) >= 11 is 0.